The minimum atomic E-state index is -3.86. The van der Waals surface area contributed by atoms with Gasteiger partial charge in [-0.25, -0.2) is 8.42 Å². The highest BCUT2D eigenvalue weighted by atomic mass is 32.2. The summed E-state index contributed by atoms with van der Waals surface area (Å²) in [5.74, 6) is 0.754. The normalized spacial score (nSPS) is 14.9. The Bertz CT molecular complexity index is 922. The minimum absolute atomic E-state index is 0.100. The molecule has 2 N–H and O–H groups in total. The van der Waals surface area contributed by atoms with Crippen molar-refractivity contribution in [3.05, 3.63) is 54.1 Å². The second kappa shape index (κ2) is 9.76. The van der Waals surface area contributed by atoms with Gasteiger partial charge in [0.05, 0.1) is 12.0 Å². The van der Waals surface area contributed by atoms with E-state index >= 15 is 0 Å². The Kier molecular flexibility index (Phi) is 7.11. The molecule has 1 aliphatic rings. The zero-order valence-electron chi connectivity index (χ0n) is 16.4. The van der Waals surface area contributed by atoms with Gasteiger partial charge in [-0.15, -0.1) is 4.83 Å². The summed E-state index contributed by atoms with van der Waals surface area (Å²) in [5, 5.41) is 0. The first kappa shape index (κ1) is 21.1. The van der Waals surface area contributed by atoms with Crippen molar-refractivity contribution in [3.8, 4) is 11.5 Å². The predicted molar refractivity (Wildman–Crippen MR) is 109 cm³/mol. The molecule has 1 aliphatic carbocycles. The van der Waals surface area contributed by atoms with Gasteiger partial charge in [0, 0.05) is 0 Å². The van der Waals surface area contributed by atoms with Crippen molar-refractivity contribution in [1.29, 1.82) is 0 Å². The van der Waals surface area contributed by atoms with E-state index in [0.717, 1.165) is 18.4 Å². The van der Waals surface area contributed by atoms with Crippen molar-refractivity contribution in [2.45, 2.75) is 42.9 Å². The van der Waals surface area contributed by atoms with Crippen molar-refractivity contribution in [2.24, 2.45) is 0 Å². The van der Waals surface area contributed by atoms with E-state index in [0.29, 0.717) is 17.4 Å². The smallest absolute Gasteiger partial charge is 0.272 e. The zero-order chi connectivity index (χ0) is 20.7. The second-order valence-electron chi connectivity index (χ2n) is 7.00. The van der Waals surface area contributed by atoms with Crippen LogP contribution in [0, 0.1) is 0 Å². The number of amides is 1. The molecule has 29 heavy (non-hydrogen) atoms. The van der Waals surface area contributed by atoms with Crippen LogP contribution in [0.4, 0.5) is 0 Å². The van der Waals surface area contributed by atoms with E-state index in [9.17, 15) is 13.2 Å². The first-order chi connectivity index (χ1) is 14.0. The topological polar surface area (TPSA) is 93.7 Å². The molecule has 1 amide bonds. The van der Waals surface area contributed by atoms with Gasteiger partial charge in [0.25, 0.3) is 15.9 Å². The van der Waals surface area contributed by atoms with Crippen molar-refractivity contribution < 1.29 is 22.7 Å². The van der Waals surface area contributed by atoms with Crippen molar-refractivity contribution >= 4 is 15.9 Å². The van der Waals surface area contributed by atoms with E-state index in [1.54, 1.807) is 36.4 Å². The van der Waals surface area contributed by atoms with Gasteiger partial charge in [-0.2, -0.15) is 0 Å². The molecule has 1 saturated carbocycles. The lowest BCUT2D eigenvalue weighted by molar-refractivity contribution is -0.123. The zero-order valence-corrected chi connectivity index (χ0v) is 17.2. The largest absolute Gasteiger partial charge is 0.493 e. The molecule has 0 spiro atoms. The maximum Gasteiger partial charge on any atom is 0.272 e. The first-order valence-electron chi connectivity index (χ1n) is 9.66. The summed E-state index contributed by atoms with van der Waals surface area (Å²) >= 11 is 0. The van der Waals surface area contributed by atoms with Crippen LogP contribution in [0.2, 0.25) is 0 Å². The molecule has 156 valence electrons. The van der Waals surface area contributed by atoms with Gasteiger partial charge >= 0.3 is 0 Å². The fourth-order valence-electron chi connectivity index (χ4n) is 3.46. The van der Waals surface area contributed by atoms with Gasteiger partial charge < -0.3 is 9.47 Å². The number of methoxy groups -OCH3 is 1. The quantitative estimate of drug-likeness (QED) is 0.643. The van der Waals surface area contributed by atoms with Crippen LogP contribution >= 0.6 is 0 Å². The molecule has 3 rings (SSSR count). The molecule has 2 aromatic carbocycles. The van der Waals surface area contributed by atoms with E-state index in [2.05, 4.69) is 10.3 Å². The number of rotatable bonds is 8. The lowest BCUT2D eigenvalue weighted by atomic mass is 9.84. The Morgan fingerprint density at radius 2 is 1.66 bits per heavy atom. The van der Waals surface area contributed by atoms with Gasteiger partial charge in [-0.3, -0.25) is 10.2 Å². The van der Waals surface area contributed by atoms with E-state index in [4.69, 9.17) is 9.47 Å². The Balaban J connectivity index is 1.53. The summed E-state index contributed by atoms with van der Waals surface area (Å²) in [4.78, 5) is 14.2. The number of para-hydroxylation sites is 2. The number of nitrogens with one attached hydrogen (secondary N) is 2. The Hall–Kier alpha value is -2.58. The van der Waals surface area contributed by atoms with E-state index in [1.807, 2.05) is 12.1 Å². The van der Waals surface area contributed by atoms with Crippen LogP contribution in [-0.2, 0) is 14.8 Å². The molecule has 0 atom stereocenters. The second-order valence-corrected chi connectivity index (χ2v) is 8.68. The third kappa shape index (κ3) is 5.71. The van der Waals surface area contributed by atoms with Gasteiger partial charge in [0.2, 0.25) is 0 Å². The monoisotopic (exact) mass is 418 g/mol. The number of hydrogen-bond acceptors (Lipinski definition) is 5. The predicted octanol–water partition coefficient (Wildman–Crippen LogP) is 3.13. The Labute approximate surface area is 171 Å². The standard InChI is InChI=1S/C21H26N2O5S/c1-27-19-9-5-6-10-20(19)28-15-21(24)22-23-29(25,26)18-13-11-17(12-14-18)16-7-3-2-4-8-16/h5-6,9-14,16,23H,2-4,7-8,15H2,1H3,(H,22,24). The number of carbonyl (C=O) groups is 1. The summed E-state index contributed by atoms with van der Waals surface area (Å²) in [5.41, 5.74) is 3.33. The Morgan fingerprint density at radius 1 is 1.00 bits per heavy atom. The van der Waals surface area contributed by atoms with Crippen LogP contribution in [0.5, 0.6) is 11.5 Å². The highest BCUT2D eigenvalue weighted by molar-refractivity contribution is 7.89. The van der Waals surface area contributed by atoms with Crippen LogP contribution in [-0.4, -0.2) is 28.0 Å². The lowest BCUT2D eigenvalue weighted by Crippen LogP contribution is -2.43. The molecule has 0 bridgehead atoms. The summed E-state index contributed by atoms with van der Waals surface area (Å²) in [6.45, 7) is -0.358. The molecular formula is C21H26N2O5S. The van der Waals surface area contributed by atoms with Crippen LogP contribution in [0.3, 0.4) is 0 Å². The third-order valence-corrected chi connectivity index (χ3v) is 6.28. The molecule has 0 unspecified atom stereocenters. The maximum atomic E-state index is 12.4. The van der Waals surface area contributed by atoms with E-state index in [-0.39, 0.29) is 11.5 Å². The average Bonchev–Trinajstić information content (AvgIpc) is 2.77. The van der Waals surface area contributed by atoms with Crippen molar-refractivity contribution in [2.75, 3.05) is 13.7 Å². The molecular weight excluding hydrogens is 392 g/mol. The van der Waals surface area contributed by atoms with Gasteiger partial charge in [-0.1, -0.05) is 43.5 Å². The number of carbonyl (C=O) groups excluding carboxylic acids is 1. The summed E-state index contributed by atoms with van der Waals surface area (Å²) in [7, 11) is -2.36. The van der Waals surface area contributed by atoms with Crippen LogP contribution < -0.4 is 19.7 Å². The molecule has 1 fully saturated rings. The molecule has 2 aromatic rings. The number of hydrazine groups is 1. The molecule has 0 heterocycles. The fourth-order valence-corrected chi connectivity index (χ4v) is 4.32. The summed E-state index contributed by atoms with van der Waals surface area (Å²) in [6.07, 6.45) is 6.00. The number of sulfonamides is 1. The summed E-state index contributed by atoms with van der Waals surface area (Å²) in [6, 6.07) is 13.7. The average molecular weight is 419 g/mol. The SMILES string of the molecule is COc1ccccc1OCC(=O)NNS(=O)(=O)c1ccc(C2CCCCC2)cc1. The lowest BCUT2D eigenvalue weighted by Gasteiger charge is -2.22. The highest BCUT2D eigenvalue weighted by Crippen LogP contribution is 2.32. The highest BCUT2D eigenvalue weighted by Gasteiger charge is 2.19. The fraction of sp³-hybridized carbons (Fsp3) is 0.381. The van der Waals surface area contributed by atoms with Gasteiger partial charge in [0.15, 0.2) is 18.1 Å². The van der Waals surface area contributed by atoms with E-state index < -0.39 is 15.9 Å². The van der Waals surface area contributed by atoms with E-state index in [1.165, 1.54) is 26.4 Å². The first-order valence-corrected chi connectivity index (χ1v) is 11.1. The van der Waals surface area contributed by atoms with Gasteiger partial charge in [0.1, 0.15) is 0 Å². The molecule has 7 nitrogen and oxygen atoms in total. The maximum absolute atomic E-state index is 12.4. The molecule has 0 saturated heterocycles. The molecule has 0 radical (unpaired) electrons. The van der Waals surface area contributed by atoms with Crippen molar-refractivity contribution in [1.82, 2.24) is 10.3 Å². The number of benzene rings is 2. The number of ether oxygens (including phenoxy) is 2. The van der Waals surface area contributed by atoms with Crippen LogP contribution in [0.25, 0.3) is 0 Å². The minimum Gasteiger partial charge on any atom is -0.493 e. The summed E-state index contributed by atoms with van der Waals surface area (Å²) < 4.78 is 35.3. The molecule has 0 aromatic heterocycles. The van der Waals surface area contributed by atoms with Gasteiger partial charge in [-0.05, 0) is 48.6 Å². The number of hydrogen-bond donors (Lipinski definition) is 2. The Morgan fingerprint density at radius 3 is 2.31 bits per heavy atom. The third-order valence-electron chi connectivity index (χ3n) is 5.02. The van der Waals surface area contributed by atoms with Crippen molar-refractivity contribution in [3.63, 3.8) is 0 Å². The molecule has 0 aliphatic heterocycles. The van der Waals surface area contributed by atoms with Crippen LogP contribution in [0.1, 0.15) is 43.6 Å². The van der Waals surface area contributed by atoms with Crippen LogP contribution in [0.15, 0.2) is 53.4 Å². The molecule has 8 heteroatoms.